The minimum Gasteiger partial charge on any atom is -0.497 e. The minimum absolute atomic E-state index is 0.121. The van der Waals surface area contributed by atoms with Crippen LogP contribution < -0.4 is 20.7 Å². The Morgan fingerprint density at radius 1 is 1.09 bits per heavy atom. The van der Waals surface area contributed by atoms with Crippen molar-refractivity contribution in [2.45, 2.75) is 49.3 Å². The van der Waals surface area contributed by atoms with Gasteiger partial charge in [0.25, 0.3) is 0 Å². The highest BCUT2D eigenvalue weighted by molar-refractivity contribution is 8.45. The fraction of sp³-hybridized carbons (Fsp3) is 0.364. The first-order valence-corrected chi connectivity index (χ1v) is 12.5. The Morgan fingerprint density at radius 2 is 1.71 bits per heavy atom. The highest BCUT2D eigenvalue weighted by Gasteiger charge is 2.65. The lowest BCUT2D eigenvalue weighted by Gasteiger charge is -2.40. The maximum atomic E-state index is 13.0. The third kappa shape index (κ3) is 6.60. The molecular formula is C22H26F5N3O3S. The number of halogens is 5. The van der Waals surface area contributed by atoms with Crippen molar-refractivity contribution in [1.82, 2.24) is 16.0 Å². The number of carbonyl (C=O) groups excluding carboxylic acids is 2. The van der Waals surface area contributed by atoms with Gasteiger partial charge in [0.1, 0.15) is 10.6 Å². The van der Waals surface area contributed by atoms with E-state index >= 15 is 0 Å². The van der Waals surface area contributed by atoms with E-state index in [0.29, 0.717) is 30.7 Å². The first kappa shape index (κ1) is 25.8. The Bertz CT molecular complexity index is 1050. The van der Waals surface area contributed by atoms with Crippen LogP contribution in [0.5, 0.6) is 5.75 Å². The summed E-state index contributed by atoms with van der Waals surface area (Å²) >= 11 is 0. The molecule has 2 amide bonds. The van der Waals surface area contributed by atoms with Crippen LogP contribution in [0, 0.1) is 0 Å². The number of benzene rings is 2. The molecule has 0 aliphatic carbocycles. The van der Waals surface area contributed by atoms with Gasteiger partial charge in [-0.15, -0.1) is 0 Å². The van der Waals surface area contributed by atoms with Crippen molar-refractivity contribution < 1.29 is 33.8 Å². The predicted molar refractivity (Wildman–Crippen MR) is 119 cm³/mol. The van der Waals surface area contributed by atoms with E-state index in [2.05, 4.69) is 16.0 Å². The van der Waals surface area contributed by atoms with Gasteiger partial charge in [-0.05, 0) is 41.8 Å². The summed E-state index contributed by atoms with van der Waals surface area (Å²) in [6.07, 6.45) is 0.0783. The maximum Gasteiger partial charge on any atom is 0.310 e. The highest BCUT2D eigenvalue weighted by atomic mass is 32.5. The third-order valence-electron chi connectivity index (χ3n) is 5.50. The SMILES string of the molecule is CC[C@@H](NC(=O)C1CC(=O)NC(Cc2ccc(OC)cc2)N1)c1ccc(S(F)(F)(F)(F)F)cc1. The Labute approximate surface area is 194 Å². The van der Waals surface area contributed by atoms with Crippen molar-refractivity contribution in [3.8, 4) is 5.75 Å². The number of methoxy groups -OCH3 is 1. The molecule has 1 saturated heterocycles. The molecule has 188 valence electrons. The van der Waals surface area contributed by atoms with Crippen molar-refractivity contribution in [3.63, 3.8) is 0 Å². The lowest BCUT2D eigenvalue weighted by atomic mass is 10.0. The number of carbonyl (C=O) groups is 2. The van der Waals surface area contributed by atoms with Crippen molar-refractivity contribution in [2.24, 2.45) is 0 Å². The Kier molecular flexibility index (Phi) is 6.61. The molecule has 3 rings (SSSR count). The quantitative estimate of drug-likeness (QED) is 0.441. The van der Waals surface area contributed by atoms with E-state index in [1.54, 1.807) is 26.2 Å². The molecule has 2 aromatic carbocycles. The molecule has 0 radical (unpaired) electrons. The molecule has 2 aromatic rings. The second-order valence-electron chi connectivity index (χ2n) is 8.10. The zero-order valence-electron chi connectivity index (χ0n) is 18.5. The zero-order chi connectivity index (χ0) is 25.2. The first-order chi connectivity index (χ1) is 15.7. The van der Waals surface area contributed by atoms with E-state index in [1.165, 1.54) is 0 Å². The van der Waals surface area contributed by atoms with Crippen LogP contribution in [-0.2, 0) is 16.0 Å². The Balaban J connectivity index is 1.67. The molecule has 1 aliphatic rings. The van der Waals surface area contributed by atoms with Crippen molar-refractivity contribution >= 4 is 22.0 Å². The van der Waals surface area contributed by atoms with Crippen LogP contribution in [0.2, 0.25) is 0 Å². The lowest BCUT2D eigenvalue weighted by molar-refractivity contribution is -0.132. The van der Waals surface area contributed by atoms with Crippen LogP contribution in [0.4, 0.5) is 19.4 Å². The largest absolute Gasteiger partial charge is 0.497 e. The number of hydrogen-bond acceptors (Lipinski definition) is 4. The summed E-state index contributed by atoms with van der Waals surface area (Å²) in [5.41, 5.74) is 1.15. The average molecular weight is 508 g/mol. The van der Waals surface area contributed by atoms with Gasteiger partial charge in [0.05, 0.1) is 31.8 Å². The molecule has 3 N–H and O–H groups in total. The van der Waals surface area contributed by atoms with Gasteiger partial charge in [-0.1, -0.05) is 50.6 Å². The van der Waals surface area contributed by atoms with E-state index < -0.39 is 39.3 Å². The molecule has 1 heterocycles. The third-order valence-corrected chi connectivity index (χ3v) is 6.66. The number of rotatable bonds is 8. The molecule has 2 unspecified atom stereocenters. The summed E-state index contributed by atoms with van der Waals surface area (Å²) in [6, 6.07) is 8.13. The molecule has 6 nitrogen and oxygen atoms in total. The van der Waals surface area contributed by atoms with Gasteiger partial charge in [-0.25, -0.2) is 0 Å². The second-order valence-corrected chi connectivity index (χ2v) is 10.5. The minimum atomic E-state index is -9.77. The Hall–Kier alpha value is -2.86. The van der Waals surface area contributed by atoms with E-state index in [-0.39, 0.29) is 17.9 Å². The fourth-order valence-corrected chi connectivity index (χ4v) is 4.36. The smallest absolute Gasteiger partial charge is 0.310 e. The molecule has 3 atom stereocenters. The van der Waals surface area contributed by atoms with Crippen LogP contribution in [0.15, 0.2) is 53.4 Å². The van der Waals surface area contributed by atoms with Crippen LogP contribution >= 0.6 is 10.2 Å². The van der Waals surface area contributed by atoms with Gasteiger partial charge in [0, 0.05) is 6.42 Å². The van der Waals surface area contributed by atoms with Gasteiger partial charge in [-0.3, -0.25) is 14.9 Å². The summed E-state index contributed by atoms with van der Waals surface area (Å²) in [4.78, 5) is 23.0. The van der Waals surface area contributed by atoms with Gasteiger partial charge < -0.3 is 15.4 Å². The monoisotopic (exact) mass is 507 g/mol. The number of amides is 2. The summed E-state index contributed by atoms with van der Waals surface area (Å²) in [5.74, 6) is -0.162. The van der Waals surface area contributed by atoms with Gasteiger partial charge in [0.15, 0.2) is 0 Å². The van der Waals surface area contributed by atoms with Gasteiger partial charge in [0.2, 0.25) is 11.8 Å². The summed E-state index contributed by atoms with van der Waals surface area (Å²) in [5, 5.41) is 8.52. The fourth-order valence-electron chi connectivity index (χ4n) is 3.71. The molecule has 1 aliphatic heterocycles. The van der Waals surface area contributed by atoms with E-state index in [9.17, 15) is 29.0 Å². The normalized spacial score (nSPS) is 21.6. The molecule has 0 saturated carbocycles. The standard InChI is InChI=1S/C22H26F5N3O3S/c1-3-18(15-6-10-17(11-7-15)34(23,24,25,26)27)29-22(32)19-13-21(31)30-20(28-19)12-14-4-8-16(33-2)9-5-14/h4-11,18-20,28H,3,12-13H2,1-2H3,(H,29,32)(H,30,31)/t18-,19?,20?/m1/s1. The molecule has 0 aromatic heterocycles. The number of hydrogen-bond donors (Lipinski definition) is 3. The molecule has 0 bridgehead atoms. The molecular weight excluding hydrogens is 481 g/mol. The summed E-state index contributed by atoms with van der Waals surface area (Å²) in [6.45, 7) is 1.69. The van der Waals surface area contributed by atoms with Crippen molar-refractivity contribution in [1.29, 1.82) is 0 Å². The highest BCUT2D eigenvalue weighted by Crippen LogP contribution is 3.02. The Morgan fingerprint density at radius 3 is 2.24 bits per heavy atom. The molecule has 34 heavy (non-hydrogen) atoms. The number of nitrogens with one attached hydrogen (secondary N) is 3. The van der Waals surface area contributed by atoms with Gasteiger partial charge in [-0.2, -0.15) is 0 Å². The van der Waals surface area contributed by atoms with Gasteiger partial charge >= 0.3 is 10.2 Å². The molecule has 12 heteroatoms. The molecule has 0 spiro atoms. The first-order valence-electron chi connectivity index (χ1n) is 10.5. The zero-order valence-corrected chi connectivity index (χ0v) is 19.3. The van der Waals surface area contributed by atoms with Crippen molar-refractivity contribution in [3.05, 3.63) is 59.7 Å². The maximum absolute atomic E-state index is 13.0. The van der Waals surface area contributed by atoms with Crippen LogP contribution in [-0.4, -0.2) is 31.1 Å². The average Bonchev–Trinajstić information content (AvgIpc) is 2.76. The van der Waals surface area contributed by atoms with Crippen LogP contribution in [0.3, 0.4) is 0 Å². The van der Waals surface area contributed by atoms with Crippen LogP contribution in [0.25, 0.3) is 0 Å². The van der Waals surface area contributed by atoms with E-state index in [1.807, 2.05) is 12.1 Å². The predicted octanol–water partition coefficient (Wildman–Crippen LogP) is 4.97. The summed E-state index contributed by atoms with van der Waals surface area (Å²) in [7, 11) is -8.23. The van der Waals surface area contributed by atoms with E-state index in [0.717, 1.165) is 17.7 Å². The van der Waals surface area contributed by atoms with Crippen LogP contribution in [0.1, 0.15) is 36.9 Å². The van der Waals surface area contributed by atoms with E-state index in [4.69, 9.17) is 4.74 Å². The topological polar surface area (TPSA) is 79.5 Å². The number of ether oxygens (including phenoxy) is 1. The molecule has 1 fully saturated rings. The second kappa shape index (κ2) is 8.73. The van der Waals surface area contributed by atoms with Crippen molar-refractivity contribution in [2.75, 3.05) is 7.11 Å². The lowest BCUT2D eigenvalue weighted by Crippen LogP contribution is -2.61. The summed E-state index contributed by atoms with van der Waals surface area (Å²) < 4.78 is 69.9.